The van der Waals surface area contributed by atoms with Crippen LogP contribution >= 0.6 is 17.2 Å². The van der Waals surface area contributed by atoms with Crippen LogP contribution in [0.2, 0.25) is 0 Å². The number of para-hydroxylation sites is 2. The molecule has 1 spiro atoms. The molecule has 2 aromatic carbocycles. The quantitative estimate of drug-likeness (QED) is 0.641. The molecule has 0 aliphatic carbocycles. The molecule has 0 radical (unpaired) electrons. The third kappa shape index (κ3) is 4.60. The summed E-state index contributed by atoms with van der Waals surface area (Å²) in [7, 11) is -2.81. The first kappa shape index (κ1) is 19.1. The van der Waals surface area contributed by atoms with Crippen molar-refractivity contribution >= 4 is 17.2 Å². The molecule has 2 fully saturated rings. The van der Waals surface area contributed by atoms with Crippen LogP contribution in [-0.2, 0) is 18.1 Å². The van der Waals surface area contributed by atoms with Crippen molar-refractivity contribution in [3.63, 3.8) is 0 Å². The minimum absolute atomic E-state index is 0.318. The van der Waals surface area contributed by atoms with E-state index in [2.05, 4.69) is 0 Å². The molecule has 0 aromatic heterocycles. The van der Waals surface area contributed by atoms with Crippen molar-refractivity contribution in [2.24, 2.45) is 5.41 Å². The van der Waals surface area contributed by atoms with Crippen LogP contribution in [0.25, 0.3) is 0 Å². The highest BCUT2D eigenvalue weighted by atomic mass is 31.2. The van der Waals surface area contributed by atoms with E-state index in [1.165, 1.54) is 0 Å². The van der Waals surface area contributed by atoms with Gasteiger partial charge in [0.15, 0.2) is 0 Å². The van der Waals surface area contributed by atoms with Gasteiger partial charge in [0.05, 0.1) is 31.8 Å². The SMILES string of the molecule is Cc1ccccc1OP1OCC2(CO1)COP(Oc1ccccc1C)OC2. The van der Waals surface area contributed by atoms with E-state index >= 15 is 0 Å². The lowest BCUT2D eigenvalue weighted by Crippen LogP contribution is -2.45. The van der Waals surface area contributed by atoms with E-state index in [0.29, 0.717) is 26.4 Å². The molecule has 0 bridgehead atoms. The monoisotopic (exact) mass is 408 g/mol. The molecule has 4 rings (SSSR count). The molecule has 0 N–H and O–H groups in total. The van der Waals surface area contributed by atoms with Crippen LogP contribution in [0, 0.1) is 19.3 Å². The Morgan fingerprint density at radius 3 is 1.41 bits per heavy atom. The maximum absolute atomic E-state index is 5.85. The summed E-state index contributed by atoms with van der Waals surface area (Å²) in [6.07, 6.45) is 0. The van der Waals surface area contributed by atoms with Crippen molar-refractivity contribution in [3.8, 4) is 11.5 Å². The Morgan fingerprint density at radius 1 is 0.667 bits per heavy atom. The Balaban J connectivity index is 1.27. The summed E-state index contributed by atoms with van der Waals surface area (Å²) < 4.78 is 35.0. The number of benzene rings is 2. The minimum atomic E-state index is -1.41. The molecule has 2 heterocycles. The van der Waals surface area contributed by atoms with E-state index in [9.17, 15) is 0 Å². The molecular weight excluding hydrogens is 386 g/mol. The lowest BCUT2D eigenvalue weighted by molar-refractivity contribution is -0.0673. The van der Waals surface area contributed by atoms with Crippen molar-refractivity contribution in [1.29, 1.82) is 0 Å². The van der Waals surface area contributed by atoms with Gasteiger partial charge < -0.3 is 27.1 Å². The van der Waals surface area contributed by atoms with Gasteiger partial charge in [0.1, 0.15) is 11.5 Å². The summed E-state index contributed by atoms with van der Waals surface area (Å²) in [4.78, 5) is 0. The minimum Gasteiger partial charge on any atom is -0.426 e. The van der Waals surface area contributed by atoms with Gasteiger partial charge in [0.25, 0.3) is 0 Å². The average Bonchev–Trinajstić information content (AvgIpc) is 2.69. The molecule has 2 aromatic rings. The Morgan fingerprint density at radius 2 is 1.04 bits per heavy atom. The smallest absolute Gasteiger partial charge is 0.397 e. The fourth-order valence-corrected chi connectivity index (χ4v) is 5.27. The van der Waals surface area contributed by atoms with Crippen LogP contribution in [0.5, 0.6) is 11.5 Å². The van der Waals surface area contributed by atoms with Crippen molar-refractivity contribution in [2.75, 3.05) is 26.4 Å². The van der Waals surface area contributed by atoms with Gasteiger partial charge in [-0.1, -0.05) is 36.4 Å². The highest BCUT2D eigenvalue weighted by Gasteiger charge is 2.45. The molecule has 27 heavy (non-hydrogen) atoms. The lowest BCUT2D eigenvalue weighted by atomic mass is 9.93. The van der Waals surface area contributed by atoms with E-state index in [-0.39, 0.29) is 5.41 Å². The highest BCUT2D eigenvalue weighted by Crippen LogP contribution is 2.53. The molecule has 0 saturated carbocycles. The first-order valence-corrected chi connectivity index (χ1v) is 10.9. The van der Waals surface area contributed by atoms with Crippen molar-refractivity contribution in [3.05, 3.63) is 59.7 Å². The Labute approximate surface area is 161 Å². The summed E-state index contributed by atoms with van der Waals surface area (Å²) in [6.45, 7) is 5.87. The van der Waals surface area contributed by atoms with E-state index < -0.39 is 17.2 Å². The Kier molecular flexibility index (Phi) is 5.93. The van der Waals surface area contributed by atoms with Gasteiger partial charge in [-0.05, 0) is 37.1 Å². The van der Waals surface area contributed by atoms with Gasteiger partial charge in [-0.2, -0.15) is 0 Å². The zero-order valence-electron chi connectivity index (χ0n) is 15.3. The van der Waals surface area contributed by atoms with E-state index in [4.69, 9.17) is 27.1 Å². The third-order valence-corrected chi connectivity index (χ3v) is 6.49. The first-order chi connectivity index (χ1) is 13.1. The molecule has 0 unspecified atom stereocenters. The largest absolute Gasteiger partial charge is 0.426 e. The number of hydrogen-bond donors (Lipinski definition) is 0. The van der Waals surface area contributed by atoms with Crippen molar-refractivity contribution in [1.82, 2.24) is 0 Å². The molecule has 0 atom stereocenters. The zero-order valence-corrected chi connectivity index (χ0v) is 17.1. The van der Waals surface area contributed by atoms with Gasteiger partial charge in [-0.3, -0.25) is 0 Å². The van der Waals surface area contributed by atoms with Crippen LogP contribution in [0.1, 0.15) is 11.1 Å². The van der Waals surface area contributed by atoms with E-state index in [0.717, 1.165) is 22.6 Å². The summed E-state index contributed by atoms with van der Waals surface area (Å²) in [5, 5.41) is 0. The summed E-state index contributed by atoms with van der Waals surface area (Å²) >= 11 is 0. The van der Waals surface area contributed by atoms with Gasteiger partial charge >= 0.3 is 17.2 Å². The Hall–Kier alpha value is -1.26. The van der Waals surface area contributed by atoms with Crippen LogP contribution in [0.3, 0.4) is 0 Å². The maximum atomic E-state index is 5.85. The van der Waals surface area contributed by atoms with Crippen molar-refractivity contribution < 1.29 is 27.1 Å². The fourth-order valence-electron chi connectivity index (χ4n) is 2.67. The summed E-state index contributed by atoms with van der Waals surface area (Å²) in [5.74, 6) is 1.57. The van der Waals surface area contributed by atoms with Crippen LogP contribution < -0.4 is 9.05 Å². The molecule has 2 saturated heterocycles. The molecule has 8 heteroatoms. The first-order valence-electron chi connectivity index (χ1n) is 8.73. The van der Waals surface area contributed by atoms with Gasteiger partial charge in [0.2, 0.25) is 0 Å². The molecule has 2 aliphatic rings. The molecular formula is C19H22O6P2. The van der Waals surface area contributed by atoms with Crippen LogP contribution in [0.15, 0.2) is 48.5 Å². The number of hydrogen-bond acceptors (Lipinski definition) is 6. The normalized spacial score (nSPS) is 28.1. The van der Waals surface area contributed by atoms with E-state index in [1.807, 2.05) is 62.4 Å². The average molecular weight is 408 g/mol. The van der Waals surface area contributed by atoms with Crippen molar-refractivity contribution in [2.45, 2.75) is 13.8 Å². The van der Waals surface area contributed by atoms with E-state index in [1.54, 1.807) is 0 Å². The summed E-state index contributed by atoms with van der Waals surface area (Å²) in [5.41, 5.74) is 1.79. The second kappa shape index (κ2) is 8.40. The topological polar surface area (TPSA) is 55.4 Å². The second-order valence-corrected chi connectivity index (χ2v) is 9.05. The highest BCUT2D eigenvalue weighted by molar-refractivity contribution is 7.42. The van der Waals surface area contributed by atoms with Crippen LogP contribution in [-0.4, -0.2) is 26.4 Å². The van der Waals surface area contributed by atoms with Gasteiger partial charge in [-0.15, -0.1) is 0 Å². The number of aryl methyl sites for hydroxylation is 2. The molecule has 2 aliphatic heterocycles. The van der Waals surface area contributed by atoms with Gasteiger partial charge in [0, 0.05) is 0 Å². The molecule has 144 valence electrons. The lowest BCUT2D eigenvalue weighted by Gasteiger charge is -2.41. The van der Waals surface area contributed by atoms with Gasteiger partial charge in [-0.25, -0.2) is 0 Å². The Bertz CT molecular complexity index is 701. The zero-order chi connectivity index (χ0) is 18.7. The standard InChI is InChI=1S/C19H22O6P2/c1-15-7-3-5-9-17(15)24-26-20-11-19(12-21-26)13-22-27(23-14-19)25-18-10-6-4-8-16(18)2/h3-10H,11-14H2,1-2H3. The number of rotatable bonds is 4. The molecule has 6 nitrogen and oxygen atoms in total. The predicted octanol–water partition coefficient (Wildman–Crippen LogP) is 5.30. The molecule has 0 amide bonds. The van der Waals surface area contributed by atoms with Crippen LogP contribution in [0.4, 0.5) is 0 Å². The summed E-state index contributed by atoms with van der Waals surface area (Å²) in [6, 6.07) is 15.6. The second-order valence-electron chi connectivity index (χ2n) is 6.75. The predicted molar refractivity (Wildman–Crippen MR) is 104 cm³/mol. The third-order valence-electron chi connectivity index (χ3n) is 4.44. The maximum Gasteiger partial charge on any atom is 0.397 e. The fraction of sp³-hybridized carbons (Fsp3) is 0.368.